The van der Waals surface area contributed by atoms with Crippen molar-refractivity contribution < 1.29 is 23.7 Å². The number of esters is 1. The van der Waals surface area contributed by atoms with Gasteiger partial charge in [0.1, 0.15) is 13.4 Å². The van der Waals surface area contributed by atoms with Crippen molar-refractivity contribution in [1.82, 2.24) is 0 Å². The molecule has 0 unspecified atom stereocenters. The van der Waals surface area contributed by atoms with E-state index in [1.54, 1.807) is 7.11 Å². The fraction of sp³-hybridized carbons (Fsp3) is 0.469. The SMILES string of the molecule is COCOC[C@@]12C=C[C@@H](C(C)(C)C(=O)OCc3ccccc3)C[C@@H]1C=C(C)C[C@@H]2OCc1ccccc1. The summed E-state index contributed by atoms with van der Waals surface area (Å²) >= 11 is 0. The molecule has 4 atom stereocenters. The summed E-state index contributed by atoms with van der Waals surface area (Å²) < 4.78 is 23.5. The van der Waals surface area contributed by atoms with E-state index < -0.39 is 5.41 Å². The van der Waals surface area contributed by atoms with Crippen molar-refractivity contribution in [3.05, 3.63) is 95.6 Å². The van der Waals surface area contributed by atoms with Gasteiger partial charge in [0.15, 0.2) is 0 Å². The Balaban J connectivity index is 1.54. The van der Waals surface area contributed by atoms with Crippen LogP contribution < -0.4 is 0 Å². The Morgan fingerprint density at radius 1 is 1.00 bits per heavy atom. The molecule has 0 aromatic heterocycles. The molecule has 0 saturated heterocycles. The van der Waals surface area contributed by atoms with Crippen LogP contribution in [0.4, 0.5) is 0 Å². The Morgan fingerprint density at radius 2 is 1.65 bits per heavy atom. The Kier molecular flexibility index (Phi) is 9.01. The van der Waals surface area contributed by atoms with Gasteiger partial charge in [-0.05, 0) is 56.6 Å². The molecular formula is C32H40O5. The quantitative estimate of drug-likeness (QED) is 0.152. The summed E-state index contributed by atoms with van der Waals surface area (Å²) in [7, 11) is 1.64. The lowest BCUT2D eigenvalue weighted by molar-refractivity contribution is -0.159. The molecule has 4 rings (SSSR count). The minimum atomic E-state index is -0.662. The van der Waals surface area contributed by atoms with Gasteiger partial charge in [0, 0.05) is 12.5 Å². The standard InChI is InChI=1S/C32H40O5/c1-24-17-28-19-27(31(2,3)30(33)37-21-26-13-9-6-10-14-26)15-16-32(28,22-35-23-34-4)29(18-24)36-20-25-11-7-5-8-12-25/h5-17,27-29H,18-23H2,1-4H3/t27-,28+,29+,32+/m1/s1. The first kappa shape index (κ1) is 27.3. The maximum atomic E-state index is 13.2. The fourth-order valence-electron chi connectivity index (χ4n) is 5.58. The minimum absolute atomic E-state index is 0.0354. The molecule has 2 aromatic carbocycles. The van der Waals surface area contributed by atoms with Crippen molar-refractivity contribution >= 4 is 5.97 Å². The molecule has 5 heteroatoms. The van der Waals surface area contributed by atoms with Gasteiger partial charge in [0.05, 0.1) is 24.7 Å². The van der Waals surface area contributed by atoms with E-state index in [9.17, 15) is 4.79 Å². The van der Waals surface area contributed by atoms with Gasteiger partial charge in [-0.2, -0.15) is 0 Å². The van der Waals surface area contributed by atoms with E-state index in [0.29, 0.717) is 13.2 Å². The summed E-state index contributed by atoms with van der Waals surface area (Å²) in [5.41, 5.74) is 2.46. The molecule has 0 N–H and O–H groups in total. The molecule has 0 saturated carbocycles. The van der Waals surface area contributed by atoms with Crippen LogP contribution in [0.3, 0.4) is 0 Å². The third-order valence-corrected chi connectivity index (χ3v) is 7.94. The fourth-order valence-corrected chi connectivity index (χ4v) is 5.58. The summed E-state index contributed by atoms with van der Waals surface area (Å²) in [5.74, 6) is 0.0332. The zero-order valence-electron chi connectivity index (χ0n) is 22.5. The number of methoxy groups -OCH3 is 1. The second kappa shape index (κ2) is 12.2. The van der Waals surface area contributed by atoms with Gasteiger partial charge < -0.3 is 18.9 Å². The van der Waals surface area contributed by atoms with Crippen LogP contribution in [0, 0.1) is 22.7 Å². The maximum Gasteiger partial charge on any atom is 0.312 e. The molecule has 0 spiro atoms. The van der Waals surface area contributed by atoms with Crippen molar-refractivity contribution in [3.63, 3.8) is 0 Å². The average molecular weight is 505 g/mol. The number of allylic oxidation sites excluding steroid dienone is 2. The molecular weight excluding hydrogens is 464 g/mol. The van der Waals surface area contributed by atoms with Gasteiger partial charge in [-0.15, -0.1) is 0 Å². The van der Waals surface area contributed by atoms with Crippen molar-refractivity contribution in [2.45, 2.75) is 52.9 Å². The van der Waals surface area contributed by atoms with E-state index in [4.69, 9.17) is 18.9 Å². The maximum absolute atomic E-state index is 13.2. The molecule has 0 bridgehead atoms. The smallest absolute Gasteiger partial charge is 0.312 e. The van der Waals surface area contributed by atoms with Crippen LogP contribution in [0.1, 0.15) is 44.7 Å². The number of hydrogen-bond acceptors (Lipinski definition) is 5. The number of hydrogen-bond donors (Lipinski definition) is 0. The van der Waals surface area contributed by atoms with Gasteiger partial charge in [-0.1, -0.05) is 84.5 Å². The van der Waals surface area contributed by atoms with Gasteiger partial charge in [0.2, 0.25) is 0 Å². The first-order valence-corrected chi connectivity index (χ1v) is 13.1. The Morgan fingerprint density at radius 3 is 2.30 bits per heavy atom. The number of carbonyl (C=O) groups is 1. The Hall–Kier alpha value is -2.73. The van der Waals surface area contributed by atoms with Gasteiger partial charge in [0.25, 0.3) is 0 Å². The predicted molar refractivity (Wildman–Crippen MR) is 144 cm³/mol. The number of ether oxygens (including phenoxy) is 4. The molecule has 2 aliphatic carbocycles. The number of fused-ring (bicyclic) bond motifs is 1. The lowest BCUT2D eigenvalue weighted by Crippen LogP contribution is -2.51. The second-order valence-corrected chi connectivity index (χ2v) is 11.0. The van der Waals surface area contributed by atoms with Crippen LogP contribution in [0.5, 0.6) is 0 Å². The molecule has 2 aliphatic rings. The lowest BCUT2D eigenvalue weighted by atomic mass is 9.57. The van der Waals surface area contributed by atoms with E-state index in [-0.39, 0.29) is 42.7 Å². The topological polar surface area (TPSA) is 54.0 Å². The third kappa shape index (κ3) is 6.40. The molecule has 0 heterocycles. The van der Waals surface area contributed by atoms with E-state index in [2.05, 4.69) is 37.3 Å². The van der Waals surface area contributed by atoms with Crippen LogP contribution in [0.25, 0.3) is 0 Å². The van der Waals surface area contributed by atoms with Crippen molar-refractivity contribution in [1.29, 1.82) is 0 Å². The second-order valence-electron chi connectivity index (χ2n) is 11.0. The van der Waals surface area contributed by atoms with Crippen molar-refractivity contribution in [2.75, 3.05) is 20.5 Å². The first-order valence-electron chi connectivity index (χ1n) is 13.1. The summed E-state index contributed by atoms with van der Waals surface area (Å²) in [6.45, 7) is 7.72. The lowest BCUT2D eigenvalue weighted by Gasteiger charge is -2.50. The normalized spacial score (nSPS) is 25.3. The third-order valence-electron chi connectivity index (χ3n) is 7.94. The predicted octanol–water partition coefficient (Wildman–Crippen LogP) is 6.49. The van der Waals surface area contributed by atoms with Gasteiger partial charge in [-0.3, -0.25) is 4.79 Å². The summed E-state index contributed by atoms with van der Waals surface area (Å²) in [5, 5.41) is 0. The summed E-state index contributed by atoms with van der Waals surface area (Å²) in [4.78, 5) is 13.2. The zero-order valence-corrected chi connectivity index (χ0v) is 22.5. The van der Waals surface area contributed by atoms with Crippen molar-refractivity contribution in [2.24, 2.45) is 22.7 Å². The van der Waals surface area contributed by atoms with Gasteiger partial charge >= 0.3 is 5.97 Å². The highest BCUT2D eigenvalue weighted by molar-refractivity contribution is 5.76. The van der Waals surface area contributed by atoms with E-state index >= 15 is 0 Å². The molecule has 2 aromatic rings. The van der Waals surface area contributed by atoms with Crippen LogP contribution in [0.2, 0.25) is 0 Å². The highest BCUT2D eigenvalue weighted by Crippen LogP contribution is 2.52. The molecule has 37 heavy (non-hydrogen) atoms. The Labute approximate surface area is 221 Å². The molecule has 0 fully saturated rings. The number of carbonyl (C=O) groups excluding carboxylic acids is 1. The minimum Gasteiger partial charge on any atom is -0.460 e. The molecule has 0 radical (unpaired) electrons. The largest absolute Gasteiger partial charge is 0.460 e. The highest BCUT2D eigenvalue weighted by Gasteiger charge is 2.51. The number of benzene rings is 2. The van der Waals surface area contributed by atoms with E-state index in [1.165, 1.54) is 5.57 Å². The molecule has 198 valence electrons. The Bertz CT molecular complexity index is 1070. The van der Waals surface area contributed by atoms with Gasteiger partial charge in [-0.25, -0.2) is 0 Å². The summed E-state index contributed by atoms with van der Waals surface area (Å²) in [6, 6.07) is 20.1. The molecule has 0 aliphatic heterocycles. The van der Waals surface area contributed by atoms with Crippen LogP contribution >= 0.6 is 0 Å². The average Bonchev–Trinajstić information content (AvgIpc) is 2.91. The highest BCUT2D eigenvalue weighted by atomic mass is 16.7. The molecule has 5 nitrogen and oxygen atoms in total. The molecule has 0 amide bonds. The van der Waals surface area contributed by atoms with E-state index in [1.807, 2.05) is 62.4 Å². The summed E-state index contributed by atoms with van der Waals surface area (Å²) in [6.07, 6.45) is 8.45. The van der Waals surface area contributed by atoms with Crippen LogP contribution in [-0.2, 0) is 37.0 Å². The zero-order chi connectivity index (χ0) is 26.3. The monoisotopic (exact) mass is 504 g/mol. The number of rotatable bonds is 11. The van der Waals surface area contributed by atoms with Crippen LogP contribution in [0.15, 0.2) is 84.5 Å². The van der Waals surface area contributed by atoms with Crippen molar-refractivity contribution in [3.8, 4) is 0 Å². The first-order chi connectivity index (χ1) is 17.8. The van der Waals surface area contributed by atoms with Crippen LogP contribution in [-0.4, -0.2) is 32.6 Å². The van der Waals surface area contributed by atoms with E-state index in [0.717, 1.165) is 24.0 Å².